The third-order valence-electron chi connectivity index (χ3n) is 4.63. The second-order valence-corrected chi connectivity index (χ2v) is 8.41. The van der Waals surface area contributed by atoms with Crippen molar-refractivity contribution in [3.05, 3.63) is 95.6 Å². The molecule has 31 heavy (non-hydrogen) atoms. The number of benzene rings is 3. The van der Waals surface area contributed by atoms with E-state index in [4.69, 9.17) is 11.2 Å². The standard InChI is InChI=1S/C24H22N2O4S/c1-3-16-25-31(28,29)22-11-7-10-20(17-22)24(27)26-23(18-8-5-4-6-9-18)19-12-14-21(30-2)15-13-19/h1,4-15,17,23,25H,16H2,2H3,(H,26,27). The molecule has 0 fully saturated rings. The highest BCUT2D eigenvalue weighted by Crippen LogP contribution is 2.25. The van der Waals surface area contributed by atoms with Crippen LogP contribution in [0.5, 0.6) is 5.75 Å². The molecule has 2 N–H and O–H groups in total. The van der Waals surface area contributed by atoms with Crippen LogP contribution in [0, 0.1) is 12.3 Å². The maximum Gasteiger partial charge on any atom is 0.252 e. The molecule has 0 spiro atoms. The van der Waals surface area contributed by atoms with Gasteiger partial charge in [-0.15, -0.1) is 6.42 Å². The minimum absolute atomic E-state index is 0.0314. The topological polar surface area (TPSA) is 84.5 Å². The number of ether oxygens (including phenoxy) is 1. The van der Waals surface area contributed by atoms with E-state index >= 15 is 0 Å². The molecule has 1 amide bonds. The van der Waals surface area contributed by atoms with Crippen LogP contribution in [0.1, 0.15) is 27.5 Å². The van der Waals surface area contributed by atoms with Crippen LogP contribution >= 0.6 is 0 Å². The van der Waals surface area contributed by atoms with Crippen molar-refractivity contribution in [2.75, 3.05) is 13.7 Å². The first kappa shape index (κ1) is 22.1. The molecule has 0 aliphatic carbocycles. The van der Waals surface area contributed by atoms with E-state index in [0.29, 0.717) is 5.75 Å². The van der Waals surface area contributed by atoms with E-state index in [0.717, 1.165) is 11.1 Å². The normalized spacial score (nSPS) is 11.9. The Morgan fingerprint density at radius 2 is 1.68 bits per heavy atom. The first-order chi connectivity index (χ1) is 14.9. The second kappa shape index (κ2) is 9.94. The first-order valence-electron chi connectivity index (χ1n) is 9.47. The number of terminal acetylenes is 1. The molecule has 3 aromatic carbocycles. The zero-order valence-electron chi connectivity index (χ0n) is 16.9. The summed E-state index contributed by atoms with van der Waals surface area (Å²) in [5.74, 6) is 2.53. The van der Waals surface area contributed by atoms with E-state index in [1.54, 1.807) is 13.2 Å². The molecule has 0 aliphatic rings. The molecule has 0 aliphatic heterocycles. The molecule has 1 unspecified atom stereocenters. The molecule has 0 bridgehead atoms. The van der Waals surface area contributed by atoms with Gasteiger partial charge in [-0.2, -0.15) is 4.72 Å². The number of carbonyl (C=O) groups is 1. The summed E-state index contributed by atoms with van der Waals surface area (Å²) in [6.07, 6.45) is 5.13. The molecule has 3 rings (SSSR count). The maximum absolute atomic E-state index is 13.0. The number of amides is 1. The van der Waals surface area contributed by atoms with Gasteiger partial charge in [0, 0.05) is 5.56 Å². The summed E-state index contributed by atoms with van der Waals surface area (Å²) in [6.45, 7) is -0.133. The zero-order valence-corrected chi connectivity index (χ0v) is 17.7. The van der Waals surface area contributed by atoms with Gasteiger partial charge in [-0.1, -0.05) is 54.5 Å². The van der Waals surface area contributed by atoms with E-state index in [9.17, 15) is 13.2 Å². The smallest absolute Gasteiger partial charge is 0.252 e. The lowest BCUT2D eigenvalue weighted by molar-refractivity contribution is 0.0942. The fourth-order valence-corrected chi connectivity index (χ4v) is 4.02. The highest BCUT2D eigenvalue weighted by molar-refractivity contribution is 7.89. The Labute approximate surface area is 182 Å². The summed E-state index contributed by atoms with van der Waals surface area (Å²) in [7, 11) is -2.22. The maximum atomic E-state index is 13.0. The van der Waals surface area contributed by atoms with Crippen molar-refractivity contribution in [1.29, 1.82) is 0 Å². The lowest BCUT2D eigenvalue weighted by Crippen LogP contribution is -2.30. The van der Waals surface area contributed by atoms with Crippen LogP contribution in [-0.2, 0) is 10.0 Å². The van der Waals surface area contributed by atoms with Gasteiger partial charge in [-0.05, 0) is 41.5 Å². The van der Waals surface area contributed by atoms with Gasteiger partial charge in [0.2, 0.25) is 10.0 Å². The molecule has 0 saturated heterocycles. The average Bonchev–Trinajstić information content (AvgIpc) is 2.82. The third kappa shape index (κ3) is 5.51. The van der Waals surface area contributed by atoms with Crippen molar-refractivity contribution in [2.45, 2.75) is 10.9 Å². The molecule has 0 saturated carbocycles. The van der Waals surface area contributed by atoms with Crippen LogP contribution in [0.15, 0.2) is 83.8 Å². The van der Waals surface area contributed by atoms with Gasteiger partial charge in [0.05, 0.1) is 24.6 Å². The minimum atomic E-state index is -3.81. The predicted octanol–water partition coefficient (Wildman–Crippen LogP) is 3.13. The van der Waals surface area contributed by atoms with E-state index in [1.807, 2.05) is 54.6 Å². The van der Waals surface area contributed by atoms with Crippen molar-refractivity contribution in [3.63, 3.8) is 0 Å². The number of carbonyl (C=O) groups excluding carboxylic acids is 1. The minimum Gasteiger partial charge on any atom is -0.497 e. The highest BCUT2D eigenvalue weighted by atomic mass is 32.2. The van der Waals surface area contributed by atoms with Gasteiger partial charge in [-0.3, -0.25) is 4.79 Å². The van der Waals surface area contributed by atoms with Crippen LogP contribution in [0.25, 0.3) is 0 Å². The van der Waals surface area contributed by atoms with Gasteiger partial charge in [0.25, 0.3) is 5.91 Å². The number of nitrogens with one attached hydrogen (secondary N) is 2. The van der Waals surface area contributed by atoms with Crippen LogP contribution in [0.2, 0.25) is 0 Å². The molecular formula is C24H22N2O4S. The molecule has 1 atom stereocenters. The molecule has 0 heterocycles. The van der Waals surface area contributed by atoms with Gasteiger partial charge in [-0.25, -0.2) is 8.42 Å². The van der Waals surface area contributed by atoms with Gasteiger partial charge in [0.15, 0.2) is 0 Å². The number of hydrogen-bond acceptors (Lipinski definition) is 4. The fraction of sp³-hybridized carbons (Fsp3) is 0.125. The lowest BCUT2D eigenvalue weighted by atomic mass is 9.98. The number of hydrogen-bond donors (Lipinski definition) is 2. The average molecular weight is 435 g/mol. The van der Waals surface area contributed by atoms with Crippen molar-refractivity contribution >= 4 is 15.9 Å². The molecule has 0 aromatic heterocycles. The molecule has 6 nitrogen and oxygen atoms in total. The van der Waals surface area contributed by atoms with Crippen molar-refractivity contribution in [1.82, 2.24) is 10.0 Å². The Bertz CT molecular complexity index is 1180. The van der Waals surface area contributed by atoms with E-state index in [1.165, 1.54) is 18.2 Å². The van der Waals surface area contributed by atoms with E-state index in [-0.39, 0.29) is 17.0 Å². The number of methoxy groups -OCH3 is 1. The second-order valence-electron chi connectivity index (χ2n) is 6.65. The van der Waals surface area contributed by atoms with E-state index in [2.05, 4.69) is 16.0 Å². The molecule has 158 valence electrons. The summed E-state index contributed by atoms with van der Waals surface area (Å²) in [6, 6.07) is 22.3. The van der Waals surface area contributed by atoms with Gasteiger partial charge >= 0.3 is 0 Å². The summed E-state index contributed by atoms with van der Waals surface area (Å²) in [5, 5.41) is 3.00. The monoisotopic (exact) mass is 434 g/mol. The summed E-state index contributed by atoms with van der Waals surface area (Å²) < 4.78 is 32.2. The zero-order chi connectivity index (χ0) is 22.3. The Hall–Kier alpha value is -3.60. The SMILES string of the molecule is C#CCNS(=O)(=O)c1cccc(C(=O)NC(c2ccccc2)c2ccc(OC)cc2)c1. The number of rotatable bonds is 8. The Kier molecular flexibility index (Phi) is 7.08. The Balaban J connectivity index is 1.91. The Morgan fingerprint density at radius 1 is 1.00 bits per heavy atom. The third-order valence-corrected chi connectivity index (χ3v) is 6.03. The van der Waals surface area contributed by atoms with Gasteiger partial charge < -0.3 is 10.1 Å². The van der Waals surface area contributed by atoms with Crippen molar-refractivity contribution < 1.29 is 17.9 Å². The predicted molar refractivity (Wildman–Crippen MR) is 119 cm³/mol. The van der Waals surface area contributed by atoms with Crippen LogP contribution < -0.4 is 14.8 Å². The number of sulfonamides is 1. The molecule has 7 heteroatoms. The summed E-state index contributed by atoms with van der Waals surface area (Å²) in [5.41, 5.74) is 1.97. The largest absolute Gasteiger partial charge is 0.497 e. The first-order valence-corrected chi connectivity index (χ1v) is 11.0. The molecule has 0 radical (unpaired) electrons. The van der Waals surface area contributed by atoms with Crippen LogP contribution in [-0.4, -0.2) is 28.0 Å². The van der Waals surface area contributed by atoms with Crippen LogP contribution in [0.4, 0.5) is 0 Å². The Morgan fingerprint density at radius 3 is 2.32 bits per heavy atom. The molecule has 3 aromatic rings. The fourth-order valence-electron chi connectivity index (χ4n) is 3.04. The van der Waals surface area contributed by atoms with E-state index < -0.39 is 22.0 Å². The van der Waals surface area contributed by atoms with Crippen molar-refractivity contribution in [3.8, 4) is 18.1 Å². The quantitative estimate of drug-likeness (QED) is 0.534. The highest BCUT2D eigenvalue weighted by Gasteiger charge is 2.20. The summed E-state index contributed by atoms with van der Waals surface area (Å²) in [4.78, 5) is 13.0. The summed E-state index contributed by atoms with van der Waals surface area (Å²) >= 11 is 0. The molecular weight excluding hydrogens is 412 g/mol. The lowest BCUT2D eigenvalue weighted by Gasteiger charge is -2.20. The van der Waals surface area contributed by atoms with Gasteiger partial charge in [0.1, 0.15) is 5.75 Å². The van der Waals surface area contributed by atoms with Crippen LogP contribution in [0.3, 0.4) is 0 Å². The van der Waals surface area contributed by atoms with Crippen molar-refractivity contribution in [2.24, 2.45) is 0 Å².